The SMILES string of the molecule is C.CCCCC[C@H](N)C(=O)OC.CCCCC[C@H](NC(=O)c1cccnc1)C(=O)OC.O=C(O)c1cccnc1. The molecular weight excluding hydrogens is 516 g/mol. The summed E-state index contributed by atoms with van der Waals surface area (Å²) in [5.41, 5.74) is 6.15. The van der Waals surface area contributed by atoms with Gasteiger partial charge in [0.2, 0.25) is 0 Å². The lowest BCUT2D eigenvalue weighted by molar-refractivity contribution is -0.143. The largest absolute Gasteiger partial charge is 0.478 e. The van der Waals surface area contributed by atoms with E-state index in [-0.39, 0.29) is 24.9 Å². The molecule has 0 radical (unpaired) electrons. The number of carbonyl (C=O) groups excluding carboxylic acids is 3. The van der Waals surface area contributed by atoms with Gasteiger partial charge in [-0.1, -0.05) is 59.8 Å². The Kier molecular flexibility index (Phi) is 23.2. The van der Waals surface area contributed by atoms with E-state index in [9.17, 15) is 19.2 Å². The molecule has 0 spiro atoms. The van der Waals surface area contributed by atoms with Gasteiger partial charge in [-0.2, -0.15) is 0 Å². The lowest BCUT2D eigenvalue weighted by Gasteiger charge is -2.16. The number of carbonyl (C=O) groups is 4. The molecule has 11 nitrogen and oxygen atoms in total. The molecule has 0 saturated carbocycles. The van der Waals surface area contributed by atoms with E-state index < -0.39 is 24.0 Å². The third kappa shape index (κ3) is 17.6. The van der Waals surface area contributed by atoms with E-state index in [0.29, 0.717) is 12.0 Å². The highest BCUT2D eigenvalue weighted by Crippen LogP contribution is 2.07. The first-order chi connectivity index (χ1) is 18.7. The fourth-order valence-electron chi connectivity index (χ4n) is 3.10. The minimum atomic E-state index is -0.942. The zero-order valence-electron chi connectivity index (χ0n) is 23.3. The van der Waals surface area contributed by atoms with E-state index in [0.717, 1.165) is 44.9 Å². The van der Waals surface area contributed by atoms with Crippen LogP contribution in [0.3, 0.4) is 0 Å². The first-order valence-corrected chi connectivity index (χ1v) is 13.0. The molecule has 0 aliphatic rings. The minimum Gasteiger partial charge on any atom is -0.478 e. The third-order valence-electron chi connectivity index (χ3n) is 5.34. The second-order valence-electron chi connectivity index (χ2n) is 8.46. The van der Waals surface area contributed by atoms with Gasteiger partial charge in [-0.05, 0) is 37.1 Å². The second kappa shape index (κ2) is 24.2. The Morgan fingerprint density at radius 2 is 1.35 bits per heavy atom. The number of hydrogen-bond donors (Lipinski definition) is 3. The molecule has 0 fully saturated rings. The lowest BCUT2D eigenvalue weighted by Crippen LogP contribution is -2.41. The molecule has 0 bridgehead atoms. The number of ether oxygens (including phenoxy) is 2. The van der Waals surface area contributed by atoms with Crippen LogP contribution in [0.5, 0.6) is 0 Å². The Morgan fingerprint density at radius 1 is 0.850 bits per heavy atom. The molecule has 0 unspecified atom stereocenters. The van der Waals surface area contributed by atoms with Gasteiger partial charge in [-0.25, -0.2) is 9.59 Å². The fourth-order valence-corrected chi connectivity index (χ4v) is 3.10. The number of hydrogen-bond acceptors (Lipinski definition) is 9. The quantitative estimate of drug-likeness (QED) is 0.234. The van der Waals surface area contributed by atoms with Crippen LogP contribution in [0.2, 0.25) is 0 Å². The van der Waals surface area contributed by atoms with Crippen LogP contribution in [0.1, 0.15) is 93.4 Å². The molecule has 2 aromatic heterocycles. The number of nitrogens with two attached hydrogens (primary N) is 1. The Morgan fingerprint density at radius 3 is 1.75 bits per heavy atom. The second-order valence-corrected chi connectivity index (χ2v) is 8.46. The number of esters is 2. The van der Waals surface area contributed by atoms with Crippen LogP contribution in [0.25, 0.3) is 0 Å². The van der Waals surface area contributed by atoms with Gasteiger partial charge < -0.3 is 25.6 Å². The van der Waals surface area contributed by atoms with Crippen LogP contribution in [-0.4, -0.2) is 65.2 Å². The normalized spacial score (nSPS) is 11.0. The average Bonchev–Trinajstić information content (AvgIpc) is 2.97. The monoisotopic (exact) mass is 562 g/mol. The summed E-state index contributed by atoms with van der Waals surface area (Å²) in [4.78, 5) is 52.0. The Hall–Kier alpha value is -3.86. The highest BCUT2D eigenvalue weighted by molar-refractivity contribution is 5.96. The standard InChI is InChI=1S/C14H20N2O3.C8H17NO2.C6H5NO2.CH4/c1-3-4-5-8-12(14(18)19-2)16-13(17)11-7-6-9-15-10-11;1-3-4-5-6-7(9)8(10)11-2;8-6(9)5-2-1-3-7-4-5;/h6-7,9-10,12H,3-5,8H2,1-2H3,(H,16,17);7H,3-6,9H2,1-2H3;1-4H,(H,8,9);1H4/t12-;7-;;/m00../s1. The van der Waals surface area contributed by atoms with Crippen molar-refractivity contribution in [3.05, 3.63) is 60.2 Å². The van der Waals surface area contributed by atoms with Crippen molar-refractivity contribution >= 4 is 23.8 Å². The van der Waals surface area contributed by atoms with Crippen molar-refractivity contribution in [1.29, 1.82) is 0 Å². The van der Waals surface area contributed by atoms with Crippen LogP contribution in [0, 0.1) is 0 Å². The highest BCUT2D eigenvalue weighted by atomic mass is 16.5. The van der Waals surface area contributed by atoms with Gasteiger partial charge in [0.05, 0.1) is 25.3 Å². The summed E-state index contributed by atoms with van der Waals surface area (Å²) < 4.78 is 9.19. The van der Waals surface area contributed by atoms with Crippen molar-refractivity contribution < 1.29 is 33.8 Å². The zero-order chi connectivity index (χ0) is 29.5. The number of carboxylic acid groups (broad SMARTS) is 1. The molecule has 2 rings (SSSR count). The van der Waals surface area contributed by atoms with Crippen molar-refractivity contribution in [3.63, 3.8) is 0 Å². The number of aromatic carboxylic acids is 1. The van der Waals surface area contributed by atoms with Crippen LogP contribution >= 0.6 is 0 Å². The number of pyridine rings is 2. The zero-order valence-corrected chi connectivity index (χ0v) is 23.3. The number of nitrogens with one attached hydrogen (secondary N) is 1. The number of amides is 1. The van der Waals surface area contributed by atoms with E-state index in [4.69, 9.17) is 15.6 Å². The van der Waals surface area contributed by atoms with Crippen LogP contribution in [-0.2, 0) is 19.1 Å². The fraction of sp³-hybridized carbons (Fsp3) is 0.517. The van der Waals surface area contributed by atoms with Gasteiger partial charge in [0.15, 0.2) is 0 Å². The molecule has 0 aliphatic heterocycles. The first kappa shape index (κ1) is 38.3. The molecule has 0 aliphatic carbocycles. The van der Waals surface area contributed by atoms with Crippen LogP contribution < -0.4 is 11.1 Å². The van der Waals surface area contributed by atoms with Gasteiger partial charge in [0, 0.05) is 24.8 Å². The van der Waals surface area contributed by atoms with E-state index in [1.807, 2.05) is 0 Å². The molecular formula is C29H46N4O7. The summed E-state index contributed by atoms with van der Waals surface area (Å²) in [6, 6.07) is 5.40. The maximum Gasteiger partial charge on any atom is 0.337 e. The Bertz CT molecular complexity index is 959. The van der Waals surface area contributed by atoms with Gasteiger partial charge in [0.25, 0.3) is 5.91 Å². The number of aromatic nitrogens is 2. The predicted molar refractivity (Wildman–Crippen MR) is 154 cm³/mol. The van der Waals surface area contributed by atoms with Gasteiger partial charge in [-0.15, -0.1) is 0 Å². The van der Waals surface area contributed by atoms with Crippen molar-refractivity contribution in [2.24, 2.45) is 5.73 Å². The predicted octanol–water partition coefficient (Wildman–Crippen LogP) is 4.42. The van der Waals surface area contributed by atoms with E-state index >= 15 is 0 Å². The molecule has 1 amide bonds. The summed E-state index contributed by atoms with van der Waals surface area (Å²) in [7, 11) is 2.69. The topological polar surface area (TPSA) is 171 Å². The summed E-state index contributed by atoms with van der Waals surface area (Å²) in [5, 5.41) is 11.0. The molecule has 0 aromatic carbocycles. The molecule has 2 atom stereocenters. The summed E-state index contributed by atoms with van der Waals surface area (Å²) >= 11 is 0. The minimum absolute atomic E-state index is 0. The number of nitrogens with zero attached hydrogens (tertiary/aromatic N) is 2. The molecule has 40 heavy (non-hydrogen) atoms. The van der Waals surface area contributed by atoms with Crippen LogP contribution in [0.4, 0.5) is 0 Å². The summed E-state index contributed by atoms with van der Waals surface area (Å²) in [6.45, 7) is 4.20. The van der Waals surface area contributed by atoms with Gasteiger partial charge in [-0.3, -0.25) is 19.6 Å². The van der Waals surface area contributed by atoms with Crippen molar-refractivity contribution in [2.75, 3.05) is 14.2 Å². The molecule has 224 valence electrons. The van der Waals surface area contributed by atoms with E-state index in [1.54, 1.807) is 24.4 Å². The van der Waals surface area contributed by atoms with Crippen molar-refractivity contribution in [1.82, 2.24) is 15.3 Å². The maximum atomic E-state index is 11.9. The summed E-state index contributed by atoms with van der Waals surface area (Å²) in [6.07, 6.45) is 13.5. The van der Waals surface area contributed by atoms with E-state index in [1.165, 1.54) is 38.9 Å². The molecule has 4 N–H and O–H groups in total. The molecule has 2 aromatic rings. The first-order valence-electron chi connectivity index (χ1n) is 13.0. The van der Waals surface area contributed by atoms with Gasteiger partial charge >= 0.3 is 17.9 Å². The van der Waals surface area contributed by atoms with Crippen molar-refractivity contribution in [2.45, 2.75) is 84.7 Å². The Labute approximate surface area is 237 Å². The molecule has 2 heterocycles. The number of carboxylic acids is 1. The number of unbranched alkanes of at least 4 members (excludes halogenated alkanes) is 4. The Balaban J connectivity index is 0. The number of rotatable bonds is 13. The van der Waals surface area contributed by atoms with Gasteiger partial charge in [0.1, 0.15) is 12.1 Å². The molecule has 11 heteroatoms. The van der Waals surface area contributed by atoms with Crippen LogP contribution in [0.15, 0.2) is 49.1 Å². The number of methoxy groups -OCH3 is 2. The van der Waals surface area contributed by atoms with E-state index in [2.05, 4.69) is 33.9 Å². The average molecular weight is 563 g/mol. The summed E-state index contributed by atoms with van der Waals surface area (Å²) in [5.74, 6) is -1.96. The van der Waals surface area contributed by atoms with Crippen molar-refractivity contribution in [3.8, 4) is 0 Å². The molecule has 0 saturated heterocycles. The smallest absolute Gasteiger partial charge is 0.337 e. The third-order valence-corrected chi connectivity index (χ3v) is 5.34. The maximum absolute atomic E-state index is 11.9. The highest BCUT2D eigenvalue weighted by Gasteiger charge is 2.21. The lowest BCUT2D eigenvalue weighted by atomic mass is 10.1.